The monoisotopic (exact) mass is 540 g/mol. The van der Waals surface area contributed by atoms with Crippen LogP contribution in [0.5, 0.6) is 0 Å². The summed E-state index contributed by atoms with van der Waals surface area (Å²) in [6.45, 7) is 1.05. The number of amides is 4. The zero-order valence-electron chi connectivity index (χ0n) is 22.9. The molecule has 1 aromatic rings. The first-order chi connectivity index (χ1) is 18.8. The molecule has 0 saturated heterocycles. The molecule has 4 aliphatic rings. The van der Waals surface area contributed by atoms with Gasteiger partial charge < -0.3 is 16.0 Å². The summed E-state index contributed by atoms with van der Waals surface area (Å²) in [7, 11) is 0. The van der Waals surface area contributed by atoms with Gasteiger partial charge >= 0.3 is 0 Å². The lowest BCUT2D eigenvalue weighted by Crippen LogP contribution is -2.48. The van der Waals surface area contributed by atoms with Crippen LogP contribution in [-0.2, 0) is 14.4 Å². The van der Waals surface area contributed by atoms with E-state index in [4.69, 9.17) is 5.21 Å². The number of hydroxylamine groups is 1. The van der Waals surface area contributed by atoms with E-state index in [1.807, 2.05) is 0 Å². The number of carbonyl (C=O) groups is 4. The van der Waals surface area contributed by atoms with Crippen LogP contribution < -0.4 is 21.4 Å². The molecule has 4 amide bonds. The van der Waals surface area contributed by atoms with Crippen LogP contribution >= 0.6 is 0 Å². The van der Waals surface area contributed by atoms with E-state index in [-0.39, 0.29) is 29.0 Å². The first kappa shape index (κ1) is 29.1. The second-order valence-electron chi connectivity index (χ2n) is 12.1. The lowest BCUT2D eigenvalue weighted by atomic mass is 9.49. The number of benzene rings is 1. The maximum absolute atomic E-state index is 12.6. The maximum atomic E-state index is 12.6. The van der Waals surface area contributed by atoms with Crippen molar-refractivity contribution in [2.24, 2.45) is 23.2 Å². The van der Waals surface area contributed by atoms with Gasteiger partial charge in [-0.05, 0) is 105 Å². The summed E-state index contributed by atoms with van der Waals surface area (Å²) in [4.78, 5) is 48.2. The molecule has 1 aromatic carbocycles. The molecule has 4 saturated carbocycles. The molecular weight excluding hydrogens is 496 g/mol. The fourth-order valence-electron chi connectivity index (χ4n) is 7.44. The molecule has 4 fully saturated rings. The van der Waals surface area contributed by atoms with Gasteiger partial charge in [-0.25, -0.2) is 5.48 Å². The normalized spacial score (nSPS) is 24.7. The van der Waals surface area contributed by atoms with E-state index >= 15 is 0 Å². The van der Waals surface area contributed by atoms with Crippen LogP contribution in [0.3, 0.4) is 0 Å². The Morgan fingerprint density at radius 3 is 1.95 bits per heavy atom. The van der Waals surface area contributed by atoms with Gasteiger partial charge in [-0.15, -0.1) is 0 Å². The number of hydrogen-bond donors (Lipinski definition) is 5. The summed E-state index contributed by atoms with van der Waals surface area (Å²) in [5.74, 6) is 2.00. The highest BCUT2D eigenvalue weighted by atomic mass is 16.5. The highest BCUT2D eigenvalue weighted by Crippen LogP contribution is 2.61. The molecule has 9 heteroatoms. The minimum absolute atomic E-state index is 0.112. The predicted molar refractivity (Wildman–Crippen MR) is 148 cm³/mol. The van der Waals surface area contributed by atoms with E-state index in [0.717, 1.165) is 37.0 Å². The molecule has 0 spiro atoms. The summed E-state index contributed by atoms with van der Waals surface area (Å²) in [5.41, 5.74) is 3.01. The van der Waals surface area contributed by atoms with E-state index < -0.39 is 0 Å². The van der Waals surface area contributed by atoms with E-state index in [1.54, 1.807) is 29.7 Å². The molecule has 0 radical (unpaired) electrons. The Kier molecular flexibility index (Phi) is 10.4. The van der Waals surface area contributed by atoms with Gasteiger partial charge in [0.25, 0.3) is 5.91 Å². The van der Waals surface area contributed by atoms with Crippen molar-refractivity contribution in [2.45, 2.75) is 89.9 Å². The first-order valence-electron chi connectivity index (χ1n) is 14.7. The summed E-state index contributed by atoms with van der Waals surface area (Å²) in [5, 5.41) is 17.2. The van der Waals surface area contributed by atoms with Crippen LogP contribution in [0, 0.1) is 23.2 Å². The number of anilines is 1. The highest BCUT2D eigenvalue weighted by Gasteiger charge is 2.51. The quantitative estimate of drug-likeness (QED) is 0.128. The van der Waals surface area contributed by atoms with Crippen LogP contribution in [-0.4, -0.2) is 41.9 Å². The van der Waals surface area contributed by atoms with Crippen molar-refractivity contribution in [3.8, 4) is 0 Å². The minimum atomic E-state index is -0.381. The Morgan fingerprint density at radius 2 is 1.31 bits per heavy atom. The smallest absolute Gasteiger partial charge is 0.251 e. The summed E-state index contributed by atoms with van der Waals surface area (Å²) in [6, 6.07) is 6.80. The summed E-state index contributed by atoms with van der Waals surface area (Å²) in [6.07, 6.45) is 12.9. The van der Waals surface area contributed by atoms with Crippen molar-refractivity contribution < 1.29 is 24.4 Å². The molecule has 0 atom stereocenters. The van der Waals surface area contributed by atoms with Crippen molar-refractivity contribution in [3.05, 3.63) is 29.8 Å². The molecule has 9 nitrogen and oxygen atoms in total. The summed E-state index contributed by atoms with van der Waals surface area (Å²) < 4.78 is 0. The Labute approximate surface area is 231 Å². The maximum Gasteiger partial charge on any atom is 0.251 e. The minimum Gasteiger partial charge on any atom is -0.356 e. The third-order valence-electron chi connectivity index (χ3n) is 8.78. The molecular formula is C30H44N4O5. The summed E-state index contributed by atoms with van der Waals surface area (Å²) >= 11 is 0. The molecule has 4 bridgehead atoms. The van der Waals surface area contributed by atoms with Crippen molar-refractivity contribution in [1.82, 2.24) is 16.1 Å². The average molecular weight is 541 g/mol. The average Bonchev–Trinajstić information content (AvgIpc) is 2.89. The predicted octanol–water partition coefficient (Wildman–Crippen LogP) is 4.31. The van der Waals surface area contributed by atoms with Gasteiger partial charge in [-0.2, -0.15) is 0 Å². The number of carbonyl (C=O) groups excluding carboxylic acids is 4. The Hall–Kier alpha value is -2.94. The van der Waals surface area contributed by atoms with E-state index in [1.165, 1.54) is 38.5 Å². The Balaban J connectivity index is 1.06. The molecule has 39 heavy (non-hydrogen) atoms. The number of rotatable bonds is 15. The van der Waals surface area contributed by atoms with Gasteiger partial charge in [-0.3, -0.25) is 24.4 Å². The van der Waals surface area contributed by atoms with Gasteiger partial charge in [0.05, 0.1) is 0 Å². The lowest BCUT2D eigenvalue weighted by Gasteiger charge is -2.56. The van der Waals surface area contributed by atoms with Crippen LogP contribution in [0.4, 0.5) is 5.69 Å². The zero-order valence-corrected chi connectivity index (χ0v) is 22.9. The molecule has 4 aliphatic carbocycles. The molecule has 0 aromatic heterocycles. The van der Waals surface area contributed by atoms with Gasteiger partial charge in [-0.1, -0.05) is 12.8 Å². The SMILES string of the molecule is O=C(CCCCCCNC(=O)c1ccc(NC(=O)CCCNC(=O)CC23CC4CC(CC(C4)C2)C3)cc1)NO. The van der Waals surface area contributed by atoms with Crippen molar-refractivity contribution >= 4 is 29.3 Å². The van der Waals surface area contributed by atoms with Crippen LogP contribution in [0.1, 0.15) is 100 Å². The molecule has 5 rings (SSSR count). The number of unbranched alkanes of at least 4 members (excludes halogenated alkanes) is 3. The van der Waals surface area contributed by atoms with Crippen LogP contribution in [0.2, 0.25) is 0 Å². The Bertz CT molecular complexity index is 974. The van der Waals surface area contributed by atoms with Gasteiger partial charge in [0.1, 0.15) is 0 Å². The molecule has 5 N–H and O–H groups in total. The van der Waals surface area contributed by atoms with E-state index in [9.17, 15) is 19.2 Å². The van der Waals surface area contributed by atoms with Gasteiger partial charge in [0.15, 0.2) is 0 Å². The number of nitrogens with one attached hydrogen (secondary N) is 4. The largest absolute Gasteiger partial charge is 0.356 e. The van der Waals surface area contributed by atoms with Crippen molar-refractivity contribution in [2.75, 3.05) is 18.4 Å². The second kappa shape index (κ2) is 13.9. The van der Waals surface area contributed by atoms with Crippen molar-refractivity contribution in [3.63, 3.8) is 0 Å². The fourth-order valence-corrected chi connectivity index (χ4v) is 7.44. The number of hydrogen-bond acceptors (Lipinski definition) is 5. The third kappa shape index (κ3) is 8.78. The molecule has 0 unspecified atom stereocenters. The van der Waals surface area contributed by atoms with Gasteiger partial charge in [0.2, 0.25) is 17.7 Å². The standard InChI is InChI=1S/C30H44N4O5/c35-26(7-5-13-31-28(37)20-30-17-21-14-22(18-30)16-23(15-21)19-30)33-25-10-8-24(9-11-25)29(38)32-12-4-2-1-3-6-27(36)34-39/h8-11,21-23,39H,1-7,12-20H2,(H,31,37)(H,32,38)(H,33,35)(H,34,36). The van der Waals surface area contributed by atoms with Crippen LogP contribution in [0.15, 0.2) is 24.3 Å². The first-order valence-corrected chi connectivity index (χ1v) is 14.7. The van der Waals surface area contributed by atoms with Crippen LogP contribution in [0.25, 0.3) is 0 Å². The second-order valence-corrected chi connectivity index (χ2v) is 12.1. The Morgan fingerprint density at radius 1 is 0.718 bits per heavy atom. The van der Waals surface area contributed by atoms with E-state index in [2.05, 4.69) is 16.0 Å². The molecule has 214 valence electrons. The molecule has 0 heterocycles. The van der Waals surface area contributed by atoms with Gasteiger partial charge in [0, 0.05) is 43.6 Å². The highest BCUT2D eigenvalue weighted by molar-refractivity contribution is 5.95. The topological polar surface area (TPSA) is 137 Å². The lowest BCUT2D eigenvalue weighted by molar-refractivity contribution is -0.130. The van der Waals surface area contributed by atoms with Crippen molar-refractivity contribution in [1.29, 1.82) is 0 Å². The fraction of sp³-hybridized carbons (Fsp3) is 0.667. The zero-order chi connectivity index (χ0) is 27.7. The van der Waals surface area contributed by atoms with E-state index in [0.29, 0.717) is 56.4 Å². The third-order valence-corrected chi connectivity index (χ3v) is 8.78. The molecule has 0 aliphatic heterocycles.